The van der Waals surface area contributed by atoms with Gasteiger partial charge in [-0.25, -0.2) is 13.8 Å². The van der Waals surface area contributed by atoms with Crippen molar-refractivity contribution in [1.29, 1.82) is 0 Å². The van der Waals surface area contributed by atoms with Crippen LogP contribution in [0.3, 0.4) is 0 Å². The van der Waals surface area contributed by atoms with E-state index in [1.807, 2.05) is 0 Å². The summed E-state index contributed by atoms with van der Waals surface area (Å²) >= 11 is 0. The fourth-order valence-electron chi connectivity index (χ4n) is 4.61. The number of aromatic amines is 1. The van der Waals surface area contributed by atoms with Crippen LogP contribution in [0.25, 0.3) is 16.7 Å². The number of Topliss-reactive ketones (excluding diaryl/α,β-unsaturated/α-hetero) is 1. The van der Waals surface area contributed by atoms with Gasteiger partial charge in [0.2, 0.25) is 0 Å². The van der Waals surface area contributed by atoms with Gasteiger partial charge in [-0.15, -0.1) is 0 Å². The van der Waals surface area contributed by atoms with Gasteiger partial charge in [0.1, 0.15) is 17.0 Å². The molecule has 12 heteroatoms. The number of methoxy groups -OCH3 is 1. The number of carbonyl (C=O) groups is 1. The van der Waals surface area contributed by atoms with E-state index in [2.05, 4.69) is 25.6 Å². The average Bonchev–Trinajstić information content (AvgIpc) is 3.59. The normalized spacial score (nSPS) is 13.7. The smallest absolute Gasteiger partial charge is 0.282 e. The highest BCUT2D eigenvalue weighted by Crippen LogP contribution is 2.42. The Morgan fingerprint density at radius 2 is 1.88 bits per heavy atom. The number of fused-ring (bicyclic) bond motifs is 1. The van der Waals surface area contributed by atoms with Crippen LogP contribution in [-0.2, 0) is 11.2 Å². The van der Waals surface area contributed by atoms with E-state index in [1.54, 1.807) is 19.2 Å². The maximum Gasteiger partial charge on any atom is 0.282 e. The summed E-state index contributed by atoms with van der Waals surface area (Å²) < 4.78 is 40.7. The molecule has 1 aliphatic rings. The second-order valence-corrected chi connectivity index (χ2v) is 9.85. The van der Waals surface area contributed by atoms with Crippen LogP contribution in [-0.4, -0.2) is 50.0 Å². The summed E-state index contributed by atoms with van der Waals surface area (Å²) in [5.41, 5.74) is 0.154. The summed E-state index contributed by atoms with van der Waals surface area (Å²) in [5, 5.41) is 15.1. The van der Waals surface area contributed by atoms with Crippen LogP contribution in [0, 0.1) is 11.6 Å². The molecular weight excluding hydrogens is 534 g/mol. The van der Waals surface area contributed by atoms with E-state index in [0.717, 1.165) is 17.5 Å². The first-order valence-electron chi connectivity index (χ1n) is 12.8. The first kappa shape index (κ1) is 26.3. The SMILES string of the molecule is COCC1(Nc2n[nH]c3nccc(Oc4ccc(CC(=O)c5ccnn(-c6ccc(F)cc6)c5=O)cc4F)c23)CC1. The summed E-state index contributed by atoms with van der Waals surface area (Å²) in [6, 6.07) is 12.2. The number of carbonyl (C=O) groups excluding carboxylic acids is 1. The fourth-order valence-corrected chi connectivity index (χ4v) is 4.61. The summed E-state index contributed by atoms with van der Waals surface area (Å²) in [4.78, 5) is 30.2. The third-order valence-electron chi connectivity index (χ3n) is 6.88. The number of nitrogens with zero attached hydrogens (tertiary/aromatic N) is 4. The molecule has 2 aromatic carbocycles. The van der Waals surface area contributed by atoms with Crippen LogP contribution in [0.4, 0.5) is 14.6 Å². The van der Waals surface area contributed by atoms with Gasteiger partial charge in [-0.3, -0.25) is 14.7 Å². The molecule has 0 amide bonds. The molecule has 0 spiro atoms. The number of ketones is 1. The Balaban J connectivity index is 1.21. The highest BCUT2D eigenvalue weighted by molar-refractivity contribution is 5.97. The highest BCUT2D eigenvalue weighted by Gasteiger charge is 2.43. The van der Waals surface area contributed by atoms with Gasteiger partial charge in [-0.05, 0) is 60.9 Å². The number of hydrogen-bond acceptors (Lipinski definition) is 8. The van der Waals surface area contributed by atoms with Crippen molar-refractivity contribution in [3.8, 4) is 17.2 Å². The fraction of sp³-hybridized carbons (Fsp3) is 0.207. The van der Waals surface area contributed by atoms with Crippen molar-refractivity contribution in [2.75, 3.05) is 19.0 Å². The molecule has 0 saturated heterocycles. The third-order valence-corrected chi connectivity index (χ3v) is 6.88. The van der Waals surface area contributed by atoms with Crippen molar-refractivity contribution in [1.82, 2.24) is 25.0 Å². The lowest BCUT2D eigenvalue weighted by Gasteiger charge is -2.16. The number of aromatic nitrogens is 5. The zero-order valence-corrected chi connectivity index (χ0v) is 21.9. The Morgan fingerprint density at radius 3 is 2.61 bits per heavy atom. The molecule has 0 radical (unpaired) electrons. The maximum atomic E-state index is 15.2. The van der Waals surface area contributed by atoms with Crippen LogP contribution in [0.5, 0.6) is 11.5 Å². The second kappa shape index (κ2) is 10.5. The first-order chi connectivity index (χ1) is 19.9. The van der Waals surface area contributed by atoms with Crippen molar-refractivity contribution >= 4 is 22.6 Å². The standard InChI is InChI=1S/C29H24F2N6O4/c1-40-16-29(10-11-29)34-27-25-24(9-12-32-26(25)35-36-27)41-23-7-2-17(14-21(23)31)15-22(38)20-8-13-33-37(28(20)39)19-5-3-18(30)4-6-19/h2-9,12-14H,10-11,15-16H2,1H3,(H2,32,34,35,36). The second-order valence-electron chi connectivity index (χ2n) is 9.85. The summed E-state index contributed by atoms with van der Waals surface area (Å²) in [6.45, 7) is 0.520. The molecule has 3 heterocycles. The average molecular weight is 559 g/mol. The van der Waals surface area contributed by atoms with Gasteiger partial charge in [-0.1, -0.05) is 6.07 Å². The molecular formula is C29H24F2N6O4. The Hall–Kier alpha value is -4.97. The Morgan fingerprint density at radius 1 is 1.07 bits per heavy atom. The highest BCUT2D eigenvalue weighted by atomic mass is 19.1. The van der Waals surface area contributed by atoms with Crippen LogP contribution in [0.15, 0.2) is 71.8 Å². The molecule has 6 rings (SSSR count). The van der Waals surface area contributed by atoms with E-state index in [0.29, 0.717) is 40.5 Å². The number of rotatable bonds is 10. The lowest BCUT2D eigenvalue weighted by atomic mass is 10.0. The Kier molecular flexibility index (Phi) is 6.75. The maximum absolute atomic E-state index is 15.2. The molecule has 1 saturated carbocycles. The number of pyridine rings is 1. The summed E-state index contributed by atoms with van der Waals surface area (Å²) in [5.74, 6) is -0.843. The predicted molar refractivity (Wildman–Crippen MR) is 146 cm³/mol. The molecule has 1 fully saturated rings. The number of ether oxygens (including phenoxy) is 2. The van der Waals surface area contributed by atoms with Crippen molar-refractivity contribution < 1.29 is 23.0 Å². The lowest BCUT2D eigenvalue weighted by molar-refractivity contribution is 0.0991. The van der Waals surface area contributed by atoms with Gasteiger partial charge >= 0.3 is 0 Å². The topological polar surface area (TPSA) is 124 Å². The molecule has 208 valence electrons. The molecule has 0 unspecified atom stereocenters. The van der Waals surface area contributed by atoms with E-state index in [1.165, 1.54) is 54.9 Å². The monoisotopic (exact) mass is 558 g/mol. The first-order valence-corrected chi connectivity index (χ1v) is 12.8. The van der Waals surface area contributed by atoms with Gasteiger partial charge in [0.15, 0.2) is 28.8 Å². The van der Waals surface area contributed by atoms with E-state index in [9.17, 15) is 14.0 Å². The molecule has 5 aromatic rings. The van der Waals surface area contributed by atoms with Crippen molar-refractivity contribution in [3.63, 3.8) is 0 Å². The van der Waals surface area contributed by atoms with Crippen molar-refractivity contribution in [3.05, 3.63) is 100 Å². The van der Waals surface area contributed by atoms with E-state index >= 15 is 4.39 Å². The van der Waals surface area contributed by atoms with Gasteiger partial charge in [-0.2, -0.15) is 14.9 Å². The zero-order chi connectivity index (χ0) is 28.6. The van der Waals surface area contributed by atoms with Crippen LogP contribution >= 0.6 is 0 Å². The minimum atomic E-state index is -0.685. The number of nitrogens with one attached hydrogen (secondary N) is 2. The zero-order valence-electron chi connectivity index (χ0n) is 21.9. The quantitative estimate of drug-likeness (QED) is 0.239. The number of hydrogen-bond donors (Lipinski definition) is 2. The molecule has 3 aromatic heterocycles. The molecule has 2 N–H and O–H groups in total. The summed E-state index contributed by atoms with van der Waals surface area (Å²) in [7, 11) is 1.64. The number of anilines is 1. The van der Waals surface area contributed by atoms with Crippen LogP contribution in [0.2, 0.25) is 0 Å². The number of H-pyrrole nitrogens is 1. The van der Waals surface area contributed by atoms with Gasteiger partial charge in [0.05, 0.1) is 23.4 Å². The molecule has 0 atom stereocenters. The van der Waals surface area contributed by atoms with Crippen LogP contribution < -0.4 is 15.6 Å². The van der Waals surface area contributed by atoms with E-state index in [-0.39, 0.29) is 23.3 Å². The predicted octanol–water partition coefficient (Wildman–Crippen LogP) is 4.59. The molecule has 0 bridgehead atoms. The van der Waals surface area contributed by atoms with E-state index < -0.39 is 23.0 Å². The Labute approximate surface area is 231 Å². The minimum Gasteiger partial charge on any atom is -0.453 e. The van der Waals surface area contributed by atoms with Crippen molar-refractivity contribution in [2.24, 2.45) is 0 Å². The third kappa shape index (κ3) is 5.29. The lowest BCUT2D eigenvalue weighted by Crippen LogP contribution is -2.27. The minimum absolute atomic E-state index is 0.0542. The number of benzene rings is 2. The number of halogens is 2. The van der Waals surface area contributed by atoms with E-state index in [4.69, 9.17) is 9.47 Å². The summed E-state index contributed by atoms with van der Waals surface area (Å²) in [6.07, 6.45) is 4.47. The van der Waals surface area contributed by atoms with Gasteiger partial charge in [0.25, 0.3) is 5.56 Å². The van der Waals surface area contributed by atoms with Crippen molar-refractivity contribution in [2.45, 2.75) is 24.8 Å². The van der Waals surface area contributed by atoms with Gasteiger partial charge in [0, 0.05) is 32.0 Å². The Bertz CT molecular complexity index is 1810. The van der Waals surface area contributed by atoms with Gasteiger partial charge < -0.3 is 14.8 Å². The molecule has 0 aliphatic heterocycles. The van der Waals surface area contributed by atoms with Crippen LogP contribution in [0.1, 0.15) is 28.8 Å². The molecule has 41 heavy (non-hydrogen) atoms. The molecule has 10 nitrogen and oxygen atoms in total. The largest absolute Gasteiger partial charge is 0.453 e. The molecule has 1 aliphatic carbocycles.